The van der Waals surface area contributed by atoms with E-state index in [0.29, 0.717) is 0 Å². The predicted octanol–water partition coefficient (Wildman–Crippen LogP) is 0.895. The zero-order chi connectivity index (χ0) is 6.83. The van der Waals surface area contributed by atoms with E-state index in [0.717, 1.165) is 6.54 Å². The van der Waals surface area contributed by atoms with Gasteiger partial charge < -0.3 is 16.8 Å². The minimum atomic E-state index is 1.09. The summed E-state index contributed by atoms with van der Waals surface area (Å²) >= 11 is 0. The Morgan fingerprint density at radius 1 is 1.50 bits per heavy atom. The minimum absolute atomic E-state index is 1.09. The van der Waals surface area contributed by atoms with Crippen molar-refractivity contribution in [2.45, 2.75) is 19.8 Å². The molecular formula is C4H12N4. The molecule has 0 aromatic heterocycles. The summed E-state index contributed by atoms with van der Waals surface area (Å²) in [6.45, 7) is 3.27. The maximum Gasteiger partial charge on any atom is 0.0739 e. The molecule has 0 aliphatic heterocycles. The number of nitrogens with zero attached hydrogens (tertiary/aromatic N) is 3. The quantitative estimate of drug-likeness (QED) is 0.315. The van der Waals surface area contributed by atoms with Crippen molar-refractivity contribution in [1.82, 2.24) is 0 Å². The first-order valence-electron chi connectivity index (χ1n) is 2.61. The fourth-order valence-electron chi connectivity index (χ4n) is 0.250. The van der Waals surface area contributed by atoms with Crippen molar-refractivity contribution in [3.05, 3.63) is 16.0 Å². The van der Waals surface area contributed by atoms with E-state index in [2.05, 4.69) is 12.7 Å². The van der Waals surface area contributed by atoms with E-state index < -0.39 is 0 Å². The molecule has 0 atom stereocenters. The van der Waals surface area contributed by atoms with Crippen molar-refractivity contribution < 1.29 is 5.73 Å². The molecule has 0 fully saturated rings. The summed E-state index contributed by atoms with van der Waals surface area (Å²) in [5, 5.41) is 0. The highest BCUT2D eigenvalue weighted by atomic mass is 15.0. The highest BCUT2D eigenvalue weighted by molar-refractivity contribution is 4.36. The Hall–Kier alpha value is -0.730. The van der Waals surface area contributed by atoms with Crippen LogP contribution in [0.1, 0.15) is 19.8 Å². The Balaban J connectivity index is 0. The molecule has 0 bridgehead atoms. The summed E-state index contributed by atoms with van der Waals surface area (Å²) in [7, 11) is 0. The van der Waals surface area contributed by atoms with Crippen molar-refractivity contribution in [2.24, 2.45) is 0 Å². The summed E-state index contributed by atoms with van der Waals surface area (Å²) in [6.07, 6.45) is 2.56. The van der Waals surface area contributed by atoms with E-state index in [1.165, 1.54) is 17.8 Å². The lowest BCUT2D eigenvalue weighted by atomic mass is 10.3. The van der Waals surface area contributed by atoms with Crippen molar-refractivity contribution in [3.8, 4) is 0 Å². The van der Waals surface area contributed by atoms with Crippen molar-refractivity contribution >= 4 is 0 Å². The minimum Gasteiger partial charge on any atom is -0.373 e. The summed E-state index contributed by atoms with van der Waals surface area (Å²) < 4.78 is 0. The van der Waals surface area contributed by atoms with Gasteiger partial charge in [0.1, 0.15) is 0 Å². The van der Waals surface area contributed by atoms with Gasteiger partial charge in [-0.05, 0) is 6.42 Å². The van der Waals surface area contributed by atoms with Gasteiger partial charge >= 0.3 is 0 Å². The van der Waals surface area contributed by atoms with Gasteiger partial charge in [-0.15, -0.1) is 0 Å². The summed E-state index contributed by atoms with van der Waals surface area (Å²) in [4.78, 5) is 1.50. The van der Waals surface area contributed by atoms with Gasteiger partial charge in [-0.1, -0.05) is 13.3 Å². The number of hydrogen-bond donors (Lipinski definition) is 1. The lowest BCUT2D eigenvalue weighted by Gasteiger charge is -1.77. The van der Waals surface area contributed by atoms with Crippen LogP contribution in [-0.2, 0) is 0 Å². The van der Waals surface area contributed by atoms with Gasteiger partial charge in [0.05, 0.1) is 6.54 Å². The average molecular weight is 116 g/mol. The molecule has 0 radical (unpaired) electrons. The molecule has 0 saturated carbocycles. The molecule has 8 heavy (non-hydrogen) atoms. The van der Waals surface area contributed by atoms with Crippen LogP contribution in [0, 0.1) is 0 Å². The van der Waals surface area contributed by atoms with Crippen LogP contribution in [0.2, 0.25) is 0 Å². The first-order chi connectivity index (χ1) is 3.83. The fourth-order valence-corrected chi connectivity index (χ4v) is 0.250. The normalized spacial score (nSPS) is 6.25. The third kappa shape index (κ3) is 59.6. The predicted molar refractivity (Wildman–Crippen MR) is 32.7 cm³/mol. The molecule has 0 aromatic carbocycles. The van der Waals surface area contributed by atoms with Gasteiger partial charge in [0.25, 0.3) is 0 Å². The van der Waals surface area contributed by atoms with Crippen LogP contribution in [0.4, 0.5) is 0 Å². The number of rotatable bonds is 2. The van der Waals surface area contributed by atoms with Crippen molar-refractivity contribution in [3.63, 3.8) is 0 Å². The Labute approximate surface area is 49.1 Å². The van der Waals surface area contributed by atoms with E-state index in [9.17, 15) is 0 Å². The average Bonchev–Trinajstić information content (AvgIpc) is 1.71. The molecule has 4 nitrogen and oxygen atoms in total. The van der Waals surface area contributed by atoms with E-state index >= 15 is 0 Å². The second-order valence-corrected chi connectivity index (χ2v) is 1.30. The van der Waals surface area contributed by atoms with Crippen LogP contribution in [0.3, 0.4) is 0 Å². The third-order valence-electron chi connectivity index (χ3n) is 0.604. The Morgan fingerprint density at radius 2 is 1.88 bits per heavy atom. The molecule has 0 aromatic rings. The monoisotopic (exact) mass is 116 g/mol. The molecule has 0 spiro atoms. The maximum atomic E-state index is 6.75. The van der Waals surface area contributed by atoms with E-state index in [-0.39, 0.29) is 0 Å². The molecule has 0 unspecified atom stereocenters. The van der Waals surface area contributed by atoms with Crippen LogP contribution in [0.25, 0.3) is 16.0 Å². The molecular weight excluding hydrogens is 104 g/mol. The maximum absolute atomic E-state index is 6.75. The van der Waals surface area contributed by atoms with Gasteiger partial charge in [0, 0.05) is 0 Å². The second kappa shape index (κ2) is 16.3. The fraction of sp³-hybridized carbons (Fsp3) is 1.00. The van der Waals surface area contributed by atoms with Crippen LogP contribution in [0.15, 0.2) is 0 Å². The Bertz CT molecular complexity index is 53.1. The van der Waals surface area contributed by atoms with E-state index in [1.807, 2.05) is 0 Å². The van der Waals surface area contributed by atoms with E-state index in [4.69, 9.17) is 11.1 Å². The third-order valence-corrected chi connectivity index (χ3v) is 0.604. The zero-order valence-electron chi connectivity index (χ0n) is 5.17. The van der Waals surface area contributed by atoms with Crippen molar-refractivity contribution in [2.75, 3.05) is 6.54 Å². The topological polar surface area (TPSA) is 86.3 Å². The van der Waals surface area contributed by atoms with Crippen LogP contribution >= 0.6 is 0 Å². The summed E-state index contributed by atoms with van der Waals surface area (Å²) in [5.41, 5.74) is 17.2. The van der Waals surface area contributed by atoms with Gasteiger partial charge in [-0.25, -0.2) is 0 Å². The first-order valence-corrected chi connectivity index (χ1v) is 2.61. The summed E-state index contributed by atoms with van der Waals surface area (Å²) in [5.74, 6) is 0. The zero-order valence-corrected chi connectivity index (χ0v) is 5.17. The number of hydrogen-bond acceptors (Lipinski definition) is 0. The lowest BCUT2D eigenvalue weighted by molar-refractivity contribution is -0.368. The Kier molecular flexibility index (Phi) is 20.9. The lowest BCUT2D eigenvalue weighted by Crippen LogP contribution is -2.49. The second-order valence-electron chi connectivity index (χ2n) is 1.30. The van der Waals surface area contributed by atoms with Gasteiger partial charge in [0.15, 0.2) is 0 Å². The van der Waals surface area contributed by atoms with Gasteiger partial charge in [-0.2, -0.15) is 0 Å². The van der Waals surface area contributed by atoms with Gasteiger partial charge in [-0.3, -0.25) is 4.91 Å². The van der Waals surface area contributed by atoms with Crippen LogP contribution in [-0.4, -0.2) is 6.54 Å². The van der Waals surface area contributed by atoms with Gasteiger partial charge in [0.2, 0.25) is 0 Å². The van der Waals surface area contributed by atoms with E-state index in [1.54, 1.807) is 0 Å². The highest BCUT2D eigenvalue weighted by Gasteiger charge is 1.71. The van der Waals surface area contributed by atoms with Crippen LogP contribution < -0.4 is 5.73 Å². The molecule has 0 aliphatic rings. The molecule has 0 saturated heterocycles. The molecule has 4 heteroatoms. The number of unbranched alkanes of at least 4 members (excludes halogenated alkanes) is 1. The summed E-state index contributed by atoms with van der Waals surface area (Å²) in [6, 6.07) is 0. The smallest absolute Gasteiger partial charge is 0.0739 e. The molecule has 3 N–H and O–H groups in total. The molecule has 0 aliphatic carbocycles. The standard InChI is InChI=1S/C4H11N.N3/c1-2-3-4-5;1-3-2/h2-5H2,1H3;/q;-1/p+1. The largest absolute Gasteiger partial charge is 0.373 e. The first kappa shape index (κ1) is 10.3. The van der Waals surface area contributed by atoms with Crippen molar-refractivity contribution in [1.29, 1.82) is 0 Å². The SMILES string of the molecule is CCCC[NH3+].[N-]=[N+]=[N-]. The molecule has 0 amide bonds. The van der Waals surface area contributed by atoms with Crippen LogP contribution in [0.5, 0.6) is 0 Å². The molecule has 48 valence electrons. The molecule has 0 heterocycles. The Morgan fingerprint density at radius 3 is 1.88 bits per heavy atom. The molecule has 0 rings (SSSR count). The highest BCUT2D eigenvalue weighted by Crippen LogP contribution is 1.75. The number of quaternary nitrogens is 1.